The Bertz CT molecular complexity index is 164. The second-order valence-corrected chi connectivity index (χ2v) is 3.09. The summed E-state index contributed by atoms with van der Waals surface area (Å²) >= 11 is 0. The molecule has 2 nitrogen and oxygen atoms in total. The second-order valence-electron chi connectivity index (χ2n) is 3.09. The third-order valence-electron chi connectivity index (χ3n) is 2.28. The summed E-state index contributed by atoms with van der Waals surface area (Å²) in [7, 11) is 1.58. The number of allylic oxidation sites excluding steroid dienone is 1. The Hall–Kier alpha value is -0.790. The van der Waals surface area contributed by atoms with Crippen LogP contribution in [-0.4, -0.2) is 13.0 Å². The lowest BCUT2D eigenvalue weighted by atomic mass is 9.86. The van der Waals surface area contributed by atoms with Crippen molar-refractivity contribution >= 4 is 5.90 Å². The van der Waals surface area contributed by atoms with E-state index < -0.39 is 0 Å². The van der Waals surface area contributed by atoms with Crippen LogP contribution in [0.3, 0.4) is 0 Å². The highest BCUT2D eigenvalue weighted by molar-refractivity contribution is 5.75. The molecule has 0 aliphatic heterocycles. The second kappa shape index (κ2) is 3.56. The van der Waals surface area contributed by atoms with E-state index in [4.69, 9.17) is 10.1 Å². The van der Waals surface area contributed by atoms with Crippen molar-refractivity contribution in [2.24, 2.45) is 5.92 Å². The molecule has 0 amide bonds. The van der Waals surface area contributed by atoms with E-state index in [1.165, 1.54) is 5.57 Å². The zero-order valence-electron chi connectivity index (χ0n) is 7.02. The summed E-state index contributed by atoms with van der Waals surface area (Å²) in [5.41, 5.74) is 1.32. The average molecular weight is 153 g/mol. The summed E-state index contributed by atoms with van der Waals surface area (Å²) in [6.07, 6.45) is 4.23. The zero-order valence-corrected chi connectivity index (χ0v) is 7.02. The molecule has 0 atom stereocenters. The molecule has 0 saturated heterocycles. The molecule has 0 spiro atoms. The Labute approximate surface area is 67.8 Å². The molecular formula is C9H15NO. The van der Waals surface area contributed by atoms with Gasteiger partial charge in [-0.25, -0.2) is 0 Å². The molecule has 1 aliphatic carbocycles. The highest BCUT2D eigenvalue weighted by Crippen LogP contribution is 2.27. The molecule has 62 valence electrons. The summed E-state index contributed by atoms with van der Waals surface area (Å²) in [6.45, 7) is 3.92. The van der Waals surface area contributed by atoms with Crippen LogP contribution in [0.1, 0.15) is 25.7 Å². The van der Waals surface area contributed by atoms with E-state index in [-0.39, 0.29) is 0 Å². The predicted molar refractivity (Wildman–Crippen MR) is 45.8 cm³/mol. The molecule has 0 aromatic heterocycles. The fourth-order valence-corrected chi connectivity index (χ4v) is 1.45. The molecule has 1 fully saturated rings. The van der Waals surface area contributed by atoms with Crippen molar-refractivity contribution in [3.8, 4) is 0 Å². The molecule has 1 N–H and O–H groups in total. The van der Waals surface area contributed by atoms with Crippen LogP contribution in [0.25, 0.3) is 0 Å². The zero-order chi connectivity index (χ0) is 8.27. The average Bonchev–Trinajstić information content (AvgIpc) is 2.05. The number of hydrogen-bond donors (Lipinski definition) is 1. The van der Waals surface area contributed by atoms with E-state index in [0.717, 1.165) is 25.7 Å². The van der Waals surface area contributed by atoms with E-state index in [2.05, 4.69) is 6.58 Å². The predicted octanol–water partition coefficient (Wildman–Crippen LogP) is 2.36. The first-order valence-corrected chi connectivity index (χ1v) is 4.03. The summed E-state index contributed by atoms with van der Waals surface area (Å²) in [4.78, 5) is 0. The first-order valence-electron chi connectivity index (χ1n) is 4.03. The smallest absolute Gasteiger partial charge is 0.183 e. The Kier molecular flexibility index (Phi) is 2.69. The number of nitrogens with one attached hydrogen (secondary N) is 1. The minimum Gasteiger partial charge on any atom is -0.484 e. The van der Waals surface area contributed by atoms with Gasteiger partial charge in [-0.05, 0) is 25.7 Å². The number of methoxy groups -OCH3 is 1. The molecule has 2 heteroatoms. The highest BCUT2D eigenvalue weighted by Gasteiger charge is 2.19. The fraction of sp³-hybridized carbons (Fsp3) is 0.667. The molecule has 0 bridgehead atoms. The Balaban J connectivity index is 2.39. The topological polar surface area (TPSA) is 33.1 Å². The summed E-state index contributed by atoms with van der Waals surface area (Å²) in [6, 6.07) is 0. The van der Waals surface area contributed by atoms with Gasteiger partial charge in [-0.15, -0.1) is 0 Å². The first kappa shape index (κ1) is 8.31. The van der Waals surface area contributed by atoms with Gasteiger partial charge in [0.15, 0.2) is 5.90 Å². The van der Waals surface area contributed by atoms with E-state index in [0.29, 0.717) is 11.8 Å². The molecule has 0 radical (unpaired) electrons. The number of rotatable bonds is 1. The van der Waals surface area contributed by atoms with Crippen molar-refractivity contribution < 1.29 is 4.74 Å². The molecule has 1 saturated carbocycles. The molecule has 0 aromatic rings. The molecule has 1 rings (SSSR count). The lowest BCUT2D eigenvalue weighted by Gasteiger charge is -2.22. The number of ether oxygens (including phenoxy) is 1. The van der Waals surface area contributed by atoms with Gasteiger partial charge in [0.25, 0.3) is 0 Å². The van der Waals surface area contributed by atoms with Crippen molar-refractivity contribution in [1.82, 2.24) is 0 Å². The molecule has 0 heterocycles. The Morgan fingerprint density at radius 1 is 1.55 bits per heavy atom. The lowest BCUT2D eigenvalue weighted by molar-refractivity contribution is 0.339. The quantitative estimate of drug-likeness (QED) is 0.350. The third kappa shape index (κ3) is 2.07. The van der Waals surface area contributed by atoms with Crippen LogP contribution in [0.15, 0.2) is 12.2 Å². The van der Waals surface area contributed by atoms with Crippen LogP contribution in [0, 0.1) is 11.3 Å². The normalized spacial score (nSPS) is 19.9. The van der Waals surface area contributed by atoms with Crippen LogP contribution >= 0.6 is 0 Å². The van der Waals surface area contributed by atoms with Gasteiger partial charge in [-0.1, -0.05) is 12.2 Å². The van der Waals surface area contributed by atoms with E-state index in [1.807, 2.05) is 0 Å². The largest absolute Gasteiger partial charge is 0.484 e. The first-order chi connectivity index (χ1) is 5.24. The maximum Gasteiger partial charge on any atom is 0.183 e. The van der Waals surface area contributed by atoms with Gasteiger partial charge in [0.2, 0.25) is 0 Å². The summed E-state index contributed by atoms with van der Waals surface area (Å²) in [5, 5.41) is 7.45. The van der Waals surface area contributed by atoms with Gasteiger partial charge >= 0.3 is 0 Å². The minimum absolute atomic E-state index is 0.352. The van der Waals surface area contributed by atoms with Crippen molar-refractivity contribution in [3.63, 3.8) is 0 Å². The summed E-state index contributed by atoms with van der Waals surface area (Å²) < 4.78 is 4.88. The Morgan fingerprint density at radius 2 is 2.09 bits per heavy atom. The van der Waals surface area contributed by atoms with E-state index >= 15 is 0 Å². The fourth-order valence-electron chi connectivity index (χ4n) is 1.45. The lowest BCUT2D eigenvalue weighted by Crippen LogP contribution is -2.18. The van der Waals surface area contributed by atoms with Gasteiger partial charge in [0.1, 0.15) is 0 Å². The van der Waals surface area contributed by atoms with Crippen LogP contribution in [0.5, 0.6) is 0 Å². The van der Waals surface area contributed by atoms with Gasteiger partial charge in [-0.3, -0.25) is 5.41 Å². The van der Waals surface area contributed by atoms with Crippen LogP contribution in [-0.2, 0) is 4.74 Å². The SMILES string of the molecule is C=C1CCC(C(=N)OC)CC1. The van der Waals surface area contributed by atoms with Gasteiger partial charge in [-0.2, -0.15) is 0 Å². The maximum absolute atomic E-state index is 7.45. The molecule has 0 aromatic carbocycles. The molecule has 1 aliphatic rings. The van der Waals surface area contributed by atoms with Crippen molar-refractivity contribution in [2.45, 2.75) is 25.7 Å². The summed E-state index contributed by atoms with van der Waals surface area (Å²) in [5.74, 6) is 0.794. The maximum atomic E-state index is 7.45. The monoisotopic (exact) mass is 153 g/mol. The van der Waals surface area contributed by atoms with Crippen LogP contribution in [0.2, 0.25) is 0 Å². The minimum atomic E-state index is 0.352. The van der Waals surface area contributed by atoms with Crippen molar-refractivity contribution in [3.05, 3.63) is 12.2 Å². The number of hydrogen-bond acceptors (Lipinski definition) is 2. The standard InChI is InChI=1S/C9H15NO/c1-7-3-5-8(6-4-7)9(10)11-2/h8,10H,1,3-6H2,2H3. The van der Waals surface area contributed by atoms with E-state index in [1.54, 1.807) is 7.11 Å². The molecular weight excluding hydrogens is 138 g/mol. The Morgan fingerprint density at radius 3 is 2.55 bits per heavy atom. The van der Waals surface area contributed by atoms with Crippen molar-refractivity contribution in [1.29, 1.82) is 5.41 Å². The highest BCUT2D eigenvalue weighted by atomic mass is 16.5. The molecule has 0 unspecified atom stereocenters. The van der Waals surface area contributed by atoms with Crippen LogP contribution < -0.4 is 0 Å². The molecule has 11 heavy (non-hydrogen) atoms. The van der Waals surface area contributed by atoms with Gasteiger partial charge in [0, 0.05) is 5.92 Å². The third-order valence-corrected chi connectivity index (χ3v) is 2.28. The van der Waals surface area contributed by atoms with E-state index in [9.17, 15) is 0 Å². The van der Waals surface area contributed by atoms with Crippen LogP contribution in [0.4, 0.5) is 0 Å². The van der Waals surface area contributed by atoms with Crippen molar-refractivity contribution in [2.75, 3.05) is 7.11 Å². The van der Waals surface area contributed by atoms with Gasteiger partial charge < -0.3 is 4.74 Å². The van der Waals surface area contributed by atoms with Gasteiger partial charge in [0.05, 0.1) is 7.11 Å².